The minimum absolute atomic E-state index is 0.208. The molecule has 2 atom stereocenters. The van der Waals surface area contributed by atoms with Gasteiger partial charge in [-0.25, -0.2) is 9.18 Å². The van der Waals surface area contributed by atoms with E-state index < -0.39 is 12.2 Å². The Labute approximate surface area is 230 Å². The number of hydrogen-bond donors (Lipinski definition) is 1. The number of likely N-dealkylation sites (N-methyl/N-ethyl adjacent to an activating group) is 1. The molecule has 2 fully saturated rings. The zero-order valence-corrected chi connectivity index (χ0v) is 22.5. The summed E-state index contributed by atoms with van der Waals surface area (Å²) in [6.07, 6.45) is -1.15. The van der Waals surface area contributed by atoms with Gasteiger partial charge >= 0.3 is 6.09 Å². The number of anilines is 2. The van der Waals surface area contributed by atoms with Crippen LogP contribution in [0.1, 0.15) is 18.1 Å². The molecular weight excluding hydrogens is 495 g/mol. The maximum absolute atomic E-state index is 15.5. The molecule has 1 N–H and O–H groups in total. The van der Waals surface area contributed by atoms with Gasteiger partial charge in [-0.2, -0.15) is 0 Å². The Bertz CT molecular complexity index is 1230. The lowest BCUT2D eigenvalue weighted by Gasteiger charge is -2.44. The molecule has 0 spiro atoms. The van der Waals surface area contributed by atoms with Crippen molar-refractivity contribution in [3.05, 3.63) is 95.8 Å². The van der Waals surface area contributed by atoms with Crippen molar-refractivity contribution < 1.29 is 19.0 Å². The van der Waals surface area contributed by atoms with Gasteiger partial charge in [0, 0.05) is 51.9 Å². The van der Waals surface area contributed by atoms with E-state index in [1.54, 1.807) is 12.1 Å². The minimum Gasteiger partial charge on any atom is -0.441 e. The lowest BCUT2D eigenvalue weighted by atomic mass is 10.1. The number of rotatable bonds is 10. The molecule has 1 amide bonds. The molecule has 2 saturated heterocycles. The van der Waals surface area contributed by atoms with E-state index in [0.717, 1.165) is 32.7 Å². The van der Waals surface area contributed by atoms with E-state index in [0.29, 0.717) is 24.5 Å². The van der Waals surface area contributed by atoms with Gasteiger partial charge in [0.25, 0.3) is 0 Å². The van der Waals surface area contributed by atoms with Gasteiger partial charge in [0.05, 0.1) is 24.5 Å². The van der Waals surface area contributed by atoms with Crippen LogP contribution >= 0.6 is 0 Å². The summed E-state index contributed by atoms with van der Waals surface area (Å²) in [7, 11) is 0. The van der Waals surface area contributed by atoms with Crippen LogP contribution in [0.3, 0.4) is 0 Å². The SMILES string of the molecule is CCN(C[C@H]1CN(Cc2ccccc2)CCN1Cc1ccccc1)c1ccc(N2C[C@H](CO)OC2=O)cc1F. The van der Waals surface area contributed by atoms with Crippen molar-refractivity contribution in [3.8, 4) is 0 Å². The molecule has 0 bridgehead atoms. The van der Waals surface area contributed by atoms with Gasteiger partial charge in [-0.05, 0) is 36.2 Å². The van der Waals surface area contributed by atoms with Gasteiger partial charge in [0.1, 0.15) is 11.9 Å². The molecule has 8 heteroatoms. The topological polar surface area (TPSA) is 59.5 Å². The molecule has 0 radical (unpaired) electrons. The lowest BCUT2D eigenvalue weighted by Crippen LogP contribution is -2.56. The van der Waals surface area contributed by atoms with Gasteiger partial charge in [0.2, 0.25) is 0 Å². The molecular formula is C31H37FN4O3. The first-order chi connectivity index (χ1) is 19.0. The van der Waals surface area contributed by atoms with Crippen LogP contribution in [0.2, 0.25) is 0 Å². The first-order valence-electron chi connectivity index (χ1n) is 13.7. The van der Waals surface area contributed by atoms with E-state index in [9.17, 15) is 9.90 Å². The largest absolute Gasteiger partial charge is 0.441 e. The van der Waals surface area contributed by atoms with E-state index >= 15 is 4.39 Å². The highest BCUT2D eigenvalue weighted by Gasteiger charge is 2.33. The second kappa shape index (κ2) is 12.6. The van der Waals surface area contributed by atoms with Crippen molar-refractivity contribution >= 4 is 17.5 Å². The average Bonchev–Trinajstić information content (AvgIpc) is 3.35. The van der Waals surface area contributed by atoms with Crippen LogP contribution in [0.4, 0.5) is 20.6 Å². The Morgan fingerprint density at radius 2 is 1.64 bits per heavy atom. The number of aliphatic hydroxyl groups excluding tert-OH is 1. The fourth-order valence-electron chi connectivity index (χ4n) is 5.54. The minimum atomic E-state index is -0.590. The van der Waals surface area contributed by atoms with Crippen molar-refractivity contribution in [3.63, 3.8) is 0 Å². The standard InChI is InChI=1S/C31H37FN4O3/c1-2-34(30-14-13-26(17-29(30)32)36-22-28(23-37)39-31(36)38)21-27-20-33(18-24-9-5-3-6-10-24)15-16-35(27)19-25-11-7-4-8-12-25/h3-14,17,27-28,37H,2,15-16,18-23H2,1H3/t27-,28-/m1/s1. The predicted molar refractivity (Wildman–Crippen MR) is 151 cm³/mol. The summed E-state index contributed by atoms with van der Waals surface area (Å²) in [5.74, 6) is -0.374. The van der Waals surface area contributed by atoms with Gasteiger partial charge in [-0.1, -0.05) is 60.7 Å². The Morgan fingerprint density at radius 1 is 0.949 bits per heavy atom. The number of aliphatic hydroxyl groups is 1. The number of halogens is 1. The van der Waals surface area contributed by atoms with Gasteiger partial charge in [-0.15, -0.1) is 0 Å². The van der Waals surface area contributed by atoms with Gasteiger partial charge in [-0.3, -0.25) is 14.7 Å². The Morgan fingerprint density at radius 3 is 2.26 bits per heavy atom. The lowest BCUT2D eigenvalue weighted by molar-refractivity contribution is 0.0672. The summed E-state index contributed by atoms with van der Waals surface area (Å²) < 4.78 is 20.6. The maximum atomic E-state index is 15.5. The van der Waals surface area contributed by atoms with Gasteiger partial charge in [0.15, 0.2) is 0 Å². The number of nitrogens with zero attached hydrogens (tertiary/aromatic N) is 4. The Balaban J connectivity index is 1.33. The fourth-order valence-corrected chi connectivity index (χ4v) is 5.54. The summed E-state index contributed by atoms with van der Waals surface area (Å²) in [5.41, 5.74) is 3.53. The van der Waals surface area contributed by atoms with Crippen LogP contribution in [0, 0.1) is 5.82 Å². The number of piperazine rings is 1. The van der Waals surface area contributed by atoms with E-state index in [4.69, 9.17) is 4.74 Å². The molecule has 0 aromatic heterocycles. The van der Waals surface area contributed by atoms with E-state index in [1.165, 1.54) is 22.1 Å². The number of benzene rings is 3. The van der Waals surface area contributed by atoms with Crippen molar-refractivity contribution in [1.82, 2.24) is 9.80 Å². The Kier molecular flexibility index (Phi) is 8.76. The zero-order chi connectivity index (χ0) is 27.2. The normalized spacial score (nSPS) is 20.3. The second-order valence-electron chi connectivity index (χ2n) is 10.3. The van der Waals surface area contributed by atoms with E-state index in [-0.39, 0.29) is 25.0 Å². The first kappa shape index (κ1) is 27.1. The number of hydrogen-bond acceptors (Lipinski definition) is 6. The fraction of sp³-hybridized carbons (Fsp3) is 0.387. The quantitative estimate of drug-likeness (QED) is 0.419. The third kappa shape index (κ3) is 6.58. The Hall–Kier alpha value is -3.46. The summed E-state index contributed by atoms with van der Waals surface area (Å²) in [5, 5.41) is 9.33. The summed E-state index contributed by atoms with van der Waals surface area (Å²) >= 11 is 0. The molecule has 2 heterocycles. The zero-order valence-electron chi connectivity index (χ0n) is 22.5. The molecule has 5 rings (SSSR count). The molecule has 2 aliphatic heterocycles. The maximum Gasteiger partial charge on any atom is 0.414 e. The van der Waals surface area contributed by atoms with Crippen molar-refractivity contribution in [2.75, 3.05) is 55.7 Å². The molecule has 0 aliphatic carbocycles. The monoisotopic (exact) mass is 532 g/mol. The number of cyclic esters (lactones) is 1. The van der Waals surface area contributed by atoms with Crippen LogP contribution in [-0.2, 0) is 17.8 Å². The molecule has 39 heavy (non-hydrogen) atoms. The number of amides is 1. The van der Waals surface area contributed by atoms with E-state index in [2.05, 4.69) is 63.2 Å². The molecule has 3 aromatic rings. The van der Waals surface area contributed by atoms with Crippen LogP contribution < -0.4 is 9.80 Å². The highest BCUT2D eigenvalue weighted by atomic mass is 19.1. The summed E-state index contributed by atoms with van der Waals surface area (Å²) in [4.78, 5) is 20.7. The summed E-state index contributed by atoms with van der Waals surface area (Å²) in [6, 6.07) is 26.1. The second-order valence-corrected chi connectivity index (χ2v) is 10.3. The van der Waals surface area contributed by atoms with Crippen LogP contribution in [0.25, 0.3) is 0 Å². The highest BCUT2D eigenvalue weighted by Crippen LogP contribution is 2.29. The summed E-state index contributed by atoms with van der Waals surface area (Å²) in [6.45, 7) is 7.89. The predicted octanol–water partition coefficient (Wildman–Crippen LogP) is 4.36. The molecule has 0 saturated carbocycles. The highest BCUT2D eigenvalue weighted by molar-refractivity contribution is 5.90. The van der Waals surface area contributed by atoms with Crippen LogP contribution in [0.5, 0.6) is 0 Å². The first-order valence-corrected chi connectivity index (χ1v) is 13.7. The molecule has 2 aliphatic rings. The smallest absolute Gasteiger partial charge is 0.414 e. The molecule has 0 unspecified atom stereocenters. The van der Waals surface area contributed by atoms with E-state index in [1.807, 2.05) is 19.1 Å². The van der Waals surface area contributed by atoms with Crippen molar-refractivity contribution in [2.45, 2.75) is 32.2 Å². The number of carbonyl (C=O) groups excluding carboxylic acids is 1. The average molecular weight is 533 g/mol. The van der Waals surface area contributed by atoms with Crippen LogP contribution in [-0.4, -0.2) is 79.0 Å². The van der Waals surface area contributed by atoms with Crippen molar-refractivity contribution in [2.24, 2.45) is 0 Å². The van der Waals surface area contributed by atoms with Gasteiger partial charge < -0.3 is 14.7 Å². The molecule has 3 aromatic carbocycles. The number of carbonyl (C=O) groups is 1. The van der Waals surface area contributed by atoms with Crippen molar-refractivity contribution in [1.29, 1.82) is 0 Å². The number of ether oxygens (including phenoxy) is 1. The third-order valence-corrected chi connectivity index (χ3v) is 7.64. The third-order valence-electron chi connectivity index (χ3n) is 7.64. The molecule has 7 nitrogen and oxygen atoms in total. The molecule has 206 valence electrons. The van der Waals surface area contributed by atoms with Crippen LogP contribution in [0.15, 0.2) is 78.9 Å².